The smallest absolute Gasteiger partial charge is 0.339 e. The highest BCUT2D eigenvalue weighted by atomic mass is 16.5. The standard InChI is InChI=1S/C15H16N2O5/c1-9(18)10(2)22-14(20)12-6-4-3-5-11(12)8-17-13(19)7-16-15(17)21/h3-6,10H,7-8H2,1-2H3,(H,16,21). The SMILES string of the molecule is CC(=O)C(C)OC(=O)c1ccccc1CN1C(=O)CNC1=O. The van der Waals surface area contributed by atoms with Gasteiger partial charge in [0, 0.05) is 0 Å². The molecule has 1 aromatic rings. The average Bonchev–Trinajstić information content (AvgIpc) is 2.79. The van der Waals surface area contributed by atoms with Gasteiger partial charge in [-0.1, -0.05) is 18.2 Å². The molecule has 1 atom stereocenters. The Hall–Kier alpha value is -2.70. The summed E-state index contributed by atoms with van der Waals surface area (Å²) in [4.78, 5) is 47.5. The van der Waals surface area contributed by atoms with Gasteiger partial charge >= 0.3 is 12.0 Å². The molecule has 1 unspecified atom stereocenters. The average molecular weight is 304 g/mol. The first-order valence-corrected chi connectivity index (χ1v) is 6.77. The Labute approximate surface area is 127 Å². The maximum atomic E-state index is 12.1. The van der Waals surface area contributed by atoms with Gasteiger partial charge < -0.3 is 10.1 Å². The predicted octanol–water partition coefficient (Wildman–Crippen LogP) is 0.873. The van der Waals surface area contributed by atoms with Crippen LogP contribution in [0.5, 0.6) is 0 Å². The molecule has 0 spiro atoms. The Balaban J connectivity index is 2.19. The van der Waals surface area contributed by atoms with E-state index in [1.807, 2.05) is 0 Å². The quantitative estimate of drug-likeness (QED) is 0.643. The van der Waals surface area contributed by atoms with Gasteiger partial charge in [-0.3, -0.25) is 14.5 Å². The maximum Gasteiger partial charge on any atom is 0.339 e. The molecule has 3 amide bonds. The zero-order valence-electron chi connectivity index (χ0n) is 12.3. The largest absolute Gasteiger partial charge is 0.451 e. The molecule has 0 bridgehead atoms. The molecule has 0 saturated carbocycles. The van der Waals surface area contributed by atoms with E-state index >= 15 is 0 Å². The van der Waals surface area contributed by atoms with Crippen molar-refractivity contribution in [2.45, 2.75) is 26.5 Å². The third kappa shape index (κ3) is 3.30. The summed E-state index contributed by atoms with van der Waals surface area (Å²) >= 11 is 0. The fourth-order valence-corrected chi connectivity index (χ4v) is 1.95. The summed E-state index contributed by atoms with van der Waals surface area (Å²) in [5.74, 6) is -1.28. The second-order valence-electron chi connectivity index (χ2n) is 4.95. The second-order valence-corrected chi connectivity index (χ2v) is 4.95. The van der Waals surface area contributed by atoms with Crippen LogP contribution < -0.4 is 5.32 Å². The molecule has 22 heavy (non-hydrogen) atoms. The normalized spacial score (nSPS) is 15.5. The fraction of sp³-hybridized carbons (Fsp3) is 0.333. The second kappa shape index (κ2) is 6.38. The van der Waals surface area contributed by atoms with E-state index in [-0.39, 0.29) is 30.3 Å². The summed E-state index contributed by atoms with van der Waals surface area (Å²) in [6, 6.07) is 6.01. The van der Waals surface area contributed by atoms with E-state index in [0.717, 1.165) is 4.90 Å². The van der Waals surface area contributed by atoms with Crippen molar-refractivity contribution in [1.29, 1.82) is 0 Å². The van der Waals surface area contributed by atoms with Crippen molar-refractivity contribution in [3.63, 3.8) is 0 Å². The number of nitrogens with one attached hydrogen (secondary N) is 1. The van der Waals surface area contributed by atoms with E-state index in [2.05, 4.69) is 5.32 Å². The van der Waals surface area contributed by atoms with Gasteiger partial charge in [-0.15, -0.1) is 0 Å². The van der Waals surface area contributed by atoms with Crippen molar-refractivity contribution in [2.75, 3.05) is 6.54 Å². The zero-order chi connectivity index (χ0) is 16.3. The summed E-state index contributed by atoms with van der Waals surface area (Å²) < 4.78 is 5.06. The highest BCUT2D eigenvalue weighted by molar-refractivity contribution is 6.02. The van der Waals surface area contributed by atoms with Crippen LogP contribution in [0.15, 0.2) is 24.3 Å². The Morgan fingerprint density at radius 2 is 2.00 bits per heavy atom. The number of nitrogens with zero attached hydrogens (tertiary/aromatic N) is 1. The van der Waals surface area contributed by atoms with Gasteiger partial charge in [-0.2, -0.15) is 0 Å². The van der Waals surface area contributed by atoms with Crippen LogP contribution >= 0.6 is 0 Å². The lowest BCUT2D eigenvalue weighted by Gasteiger charge is -2.16. The highest BCUT2D eigenvalue weighted by Gasteiger charge is 2.29. The lowest BCUT2D eigenvalue weighted by Crippen LogP contribution is -2.31. The third-order valence-electron chi connectivity index (χ3n) is 3.36. The third-order valence-corrected chi connectivity index (χ3v) is 3.36. The van der Waals surface area contributed by atoms with E-state index in [1.165, 1.54) is 19.9 Å². The predicted molar refractivity (Wildman–Crippen MR) is 75.9 cm³/mol. The number of esters is 1. The van der Waals surface area contributed by atoms with Gasteiger partial charge in [-0.25, -0.2) is 9.59 Å². The minimum atomic E-state index is -0.850. The molecular formula is C15H16N2O5. The first-order chi connectivity index (χ1) is 10.4. The Morgan fingerprint density at radius 3 is 2.59 bits per heavy atom. The van der Waals surface area contributed by atoms with E-state index in [1.54, 1.807) is 18.2 Å². The Morgan fingerprint density at radius 1 is 1.32 bits per heavy atom. The van der Waals surface area contributed by atoms with Gasteiger partial charge in [0.15, 0.2) is 11.9 Å². The lowest BCUT2D eigenvalue weighted by molar-refractivity contribution is -0.125. The van der Waals surface area contributed by atoms with Gasteiger partial charge in [0.25, 0.3) is 0 Å². The van der Waals surface area contributed by atoms with Crippen LogP contribution in [-0.2, 0) is 20.9 Å². The molecule has 1 aromatic carbocycles. The highest BCUT2D eigenvalue weighted by Crippen LogP contribution is 2.16. The Bertz CT molecular complexity index is 625. The molecule has 1 aliphatic rings. The van der Waals surface area contributed by atoms with Crippen LogP contribution in [0.25, 0.3) is 0 Å². The molecule has 0 radical (unpaired) electrons. The Kier molecular flexibility index (Phi) is 4.55. The van der Waals surface area contributed by atoms with Crippen LogP contribution in [0.1, 0.15) is 29.8 Å². The summed E-state index contributed by atoms with van der Waals surface area (Å²) in [5, 5.41) is 2.41. The number of imide groups is 1. The number of ketones is 1. The molecule has 116 valence electrons. The van der Waals surface area contributed by atoms with Crippen LogP contribution in [-0.4, -0.2) is 41.2 Å². The zero-order valence-corrected chi connectivity index (χ0v) is 12.3. The van der Waals surface area contributed by atoms with E-state index in [0.29, 0.717) is 5.56 Å². The van der Waals surface area contributed by atoms with Gasteiger partial charge in [0.2, 0.25) is 5.91 Å². The molecular weight excluding hydrogens is 288 g/mol. The summed E-state index contributed by atoms with van der Waals surface area (Å²) in [5.41, 5.74) is 0.705. The summed E-state index contributed by atoms with van der Waals surface area (Å²) in [7, 11) is 0. The number of ether oxygens (including phenoxy) is 1. The van der Waals surface area contributed by atoms with Crippen molar-refractivity contribution >= 4 is 23.7 Å². The van der Waals surface area contributed by atoms with Crippen molar-refractivity contribution in [3.05, 3.63) is 35.4 Å². The number of carbonyl (C=O) groups is 4. The molecule has 1 saturated heterocycles. The number of amides is 3. The first-order valence-electron chi connectivity index (χ1n) is 6.77. The van der Waals surface area contributed by atoms with Crippen molar-refractivity contribution in [2.24, 2.45) is 0 Å². The monoisotopic (exact) mass is 304 g/mol. The van der Waals surface area contributed by atoms with Crippen molar-refractivity contribution < 1.29 is 23.9 Å². The molecule has 0 aliphatic carbocycles. The van der Waals surface area contributed by atoms with Crippen molar-refractivity contribution in [3.8, 4) is 0 Å². The minimum absolute atomic E-state index is 0.0234. The van der Waals surface area contributed by atoms with Crippen LogP contribution in [0, 0.1) is 0 Å². The van der Waals surface area contributed by atoms with Gasteiger partial charge in [-0.05, 0) is 25.5 Å². The van der Waals surface area contributed by atoms with Crippen LogP contribution in [0.2, 0.25) is 0 Å². The maximum absolute atomic E-state index is 12.1. The first kappa shape index (κ1) is 15.7. The molecule has 1 N–H and O–H groups in total. The van der Waals surface area contributed by atoms with E-state index in [9.17, 15) is 19.2 Å². The molecule has 0 aromatic heterocycles. The summed E-state index contributed by atoms with van der Waals surface area (Å²) in [6.45, 7) is 2.74. The number of hydrogen-bond acceptors (Lipinski definition) is 5. The molecule has 1 aliphatic heterocycles. The van der Waals surface area contributed by atoms with Crippen LogP contribution in [0.3, 0.4) is 0 Å². The number of hydrogen-bond donors (Lipinski definition) is 1. The number of carbonyl (C=O) groups excluding carboxylic acids is 4. The minimum Gasteiger partial charge on any atom is -0.451 e. The van der Waals surface area contributed by atoms with E-state index < -0.39 is 18.1 Å². The molecule has 2 rings (SSSR count). The van der Waals surface area contributed by atoms with Gasteiger partial charge in [0.05, 0.1) is 18.7 Å². The lowest BCUT2D eigenvalue weighted by atomic mass is 10.1. The molecule has 1 fully saturated rings. The molecule has 1 heterocycles. The topological polar surface area (TPSA) is 92.8 Å². The fourth-order valence-electron chi connectivity index (χ4n) is 1.95. The van der Waals surface area contributed by atoms with Crippen molar-refractivity contribution in [1.82, 2.24) is 10.2 Å². The van der Waals surface area contributed by atoms with E-state index in [4.69, 9.17) is 4.74 Å². The van der Waals surface area contributed by atoms with Crippen LogP contribution in [0.4, 0.5) is 4.79 Å². The number of benzene rings is 1. The number of Topliss-reactive ketones (excluding diaryl/α,β-unsaturated/α-hetero) is 1. The number of urea groups is 1. The molecule has 7 heteroatoms. The number of rotatable bonds is 5. The molecule has 7 nitrogen and oxygen atoms in total. The summed E-state index contributed by atoms with van der Waals surface area (Å²) in [6.07, 6.45) is -0.850. The van der Waals surface area contributed by atoms with Gasteiger partial charge in [0.1, 0.15) is 0 Å².